The number of hydrogen-bond acceptors (Lipinski definition) is 7. The van der Waals surface area contributed by atoms with Gasteiger partial charge in [0.15, 0.2) is 0 Å². The third kappa shape index (κ3) is 6.36. The van der Waals surface area contributed by atoms with Crippen molar-refractivity contribution in [3.63, 3.8) is 0 Å². The van der Waals surface area contributed by atoms with Crippen molar-refractivity contribution in [2.75, 3.05) is 24.6 Å². The van der Waals surface area contributed by atoms with Crippen LogP contribution in [0.5, 0.6) is 0 Å². The van der Waals surface area contributed by atoms with E-state index in [1.165, 1.54) is 24.3 Å². The minimum absolute atomic E-state index is 0.0498. The van der Waals surface area contributed by atoms with E-state index in [9.17, 15) is 19.2 Å². The van der Waals surface area contributed by atoms with Crippen molar-refractivity contribution in [2.45, 2.75) is 6.42 Å². The molecule has 9 heteroatoms. The first-order valence-corrected chi connectivity index (χ1v) is 10.5. The monoisotopic (exact) mass is 446 g/mol. The number of esters is 2. The number of carbonyl (C=O) groups is 4. The van der Waals surface area contributed by atoms with E-state index in [4.69, 9.17) is 4.74 Å². The van der Waals surface area contributed by atoms with Gasteiger partial charge in [-0.25, -0.2) is 9.59 Å². The molecule has 0 aromatic heterocycles. The first-order valence-electron chi connectivity index (χ1n) is 9.22. The summed E-state index contributed by atoms with van der Waals surface area (Å²) in [5.41, 5.74) is 0.0635. The van der Waals surface area contributed by atoms with E-state index >= 15 is 0 Å². The molecule has 0 aliphatic rings. The van der Waals surface area contributed by atoms with Crippen LogP contribution in [0.4, 0.5) is 0 Å². The Labute approximate surface area is 185 Å². The van der Waals surface area contributed by atoms with Gasteiger partial charge in [0, 0.05) is 18.8 Å². The Balaban J connectivity index is 2.19. The number of ether oxygens (including phenoxy) is 1. The molecule has 0 unspecified atom stereocenters. The highest BCUT2D eigenvalue weighted by Gasteiger charge is 2.23. The minimum Gasteiger partial charge on any atom is -0.386 e. The largest absolute Gasteiger partial charge is 0.386 e. The molecule has 2 rings (SSSR count). The minimum atomic E-state index is -0.984. The summed E-state index contributed by atoms with van der Waals surface area (Å²) in [7, 11) is 0. The number of carbonyl (C=O) groups excluding carboxylic acids is 4. The zero-order valence-electron chi connectivity index (χ0n) is 16.1. The Morgan fingerprint density at radius 3 is 1.53 bits per heavy atom. The molecule has 0 saturated carbocycles. The lowest BCUT2D eigenvalue weighted by Gasteiger charge is -2.11. The first kappa shape index (κ1) is 23.5. The van der Waals surface area contributed by atoms with Gasteiger partial charge in [-0.1, -0.05) is 24.3 Å². The lowest BCUT2D eigenvalue weighted by molar-refractivity contribution is 0.0393. The second kappa shape index (κ2) is 12.0. The Bertz CT molecular complexity index is 933. The molecule has 2 N–H and O–H groups in total. The number of amides is 2. The van der Waals surface area contributed by atoms with Crippen molar-refractivity contribution in [3.05, 3.63) is 70.8 Å². The van der Waals surface area contributed by atoms with Crippen LogP contribution in [0, 0.1) is 0 Å². The van der Waals surface area contributed by atoms with E-state index in [0.717, 1.165) is 0 Å². The van der Waals surface area contributed by atoms with Gasteiger partial charge in [0.2, 0.25) is 0 Å². The van der Waals surface area contributed by atoms with E-state index in [1.54, 1.807) is 24.3 Å². The zero-order valence-corrected chi connectivity index (χ0v) is 17.9. The van der Waals surface area contributed by atoms with Gasteiger partial charge in [-0.3, -0.25) is 9.59 Å². The highest BCUT2D eigenvalue weighted by atomic mass is 32.1. The lowest BCUT2D eigenvalue weighted by atomic mass is 10.1. The molecule has 2 aromatic carbocycles. The maximum atomic E-state index is 12.6. The lowest BCUT2D eigenvalue weighted by Crippen LogP contribution is -2.28. The van der Waals surface area contributed by atoms with Crippen molar-refractivity contribution < 1.29 is 23.9 Å². The SMILES string of the molecule is O=C(NCCS)c1ccccc1C(=O)OC(=O)c1ccccc1C(=O)NCCCS. The second-order valence-electron chi connectivity index (χ2n) is 6.08. The summed E-state index contributed by atoms with van der Waals surface area (Å²) in [5.74, 6) is -1.85. The molecular weight excluding hydrogens is 424 g/mol. The van der Waals surface area contributed by atoms with Crippen molar-refractivity contribution in [2.24, 2.45) is 0 Å². The number of rotatable bonds is 9. The number of hydrogen-bond donors (Lipinski definition) is 4. The van der Waals surface area contributed by atoms with Gasteiger partial charge in [0.1, 0.15) is 0 Å². The van der Waals surface area contributed by atoms with Crippen LogP contribution in [0.25, 0.3) is 0 Å². The van der Waals surface area contributed by atoms with E-state index in [2.05, 4.69) is 35.9 Å². The summed E-state index contributed by atoms with van der Waals surface area (Å²) in [6, 6.07) is 12.0. The van der Waals surface area contributed by atoms with E-state index < -0.39 is 23.8 Å². The van der Waals surface area contributed by atoms with Crippen molar-refractivity contribution in [3.8, 4) is 0 Å². The summed E-state index contributed by atoms with van der Waals surface area (Å²) >= 11 is 8.11. The van der Waals surface area contributed by atoms with Crippen molar-refractivity contribution in [1.82, 2.24) is 10.6 Å². The molecule has 2 aromatic rings. The maximum absolute atomic E-state index is 12.6. The summed E-state index contributed by atoms with van der Waals surface area (Å²) in [5, 5.41) is 5.29. The van der Waals surface area contributed by atoms with E-state index in [0.29, 0.717) is 31.0 Å². The third-order valence-corrected chi connectivity index (χ3v) is 4.53. The predicted octanol–water partition coefficient (Wildman–Crippen LogP) is 2.39. The number of nitrogens with one attached hydrogen (secondary N) is 2. The summed E-state index contributed by atoms with van der Waals surface area (Å²) in [6.07, 6.45) is 0.673. The smallest absolute Gasteiger partial charge is 0.346 e. The summed E-state index contributed by atoms with van der Waals surface area (Å²) in [6.45, 7) is 0.722. The van der Waals surface area contributed by atoms with Gasteiger partial charge in [0.25, 0.3) is 11.8 Å². The first-order chi connectivity index (χ1) is 14.5. The number of thiol groups is 2. The topological polar surface area (TPSA) is 102 Å². The normalized spacial score (nSPS) is 10.2. The molecule has 0 bridgehead atoms. The Morgan fingerprint density at radius 1 is 0.667 bits per heavy atom. The Hall–Kier alpha value is -2.78. The fourth-order valence-electron chi connectivity index (χ4n) is 2.55. The molecule has 0 spiro atoms. The van der Waals surface area contributed by atoms with Gasteiger partial charge in [0.05, 0.1) is 22.3 Å². The van der Waals surface area contributed by atoms with Crippen LogP contribution in [0.2, 0.25) is 0 Å². The van der Waals surface area contributed by atoms with E-state index in [1.807, 2.05) is 0 Å². The van der Waals surface area contributed by atoms with Crippen LogP contribution in [0.1, 0.15) is 47.9 Å². The molecule has 0 heterocycles. The zero-order chi connectivity index (χ0) is 21.9. The van der Waals surface area contributed by atoms with Crippen LogP contribution >= 0.6 is 25.3 Å². The third-order valence-electron chi connectivity index (χ3n) is 3.99. The molecule has 30 heavy (non-hydrogen) atoms. The molecule has 0 aliphatic heterocycles. The second-order valence-corrected chi connectivity index (χ2v) is 6.98. The average molecular weight is 447 g/mol. The summed E-state index contributed by atoms with van der Waals surface area (Å²) < 4.78 is 4.97. The molecular formula is C21H22N2O5S2. The van der Waals surface area contributed by atoms with Crippen LogP contribution in [0.3, 0.4) is 0 Å². The average Bonchev–Trinajstić information content (AvgIpc) is 2.77. The van der Waals surface area contributed by atoms with Gasteiger partial charge < -0.3 is 15.4 Å². The molecule has 7 nitrogen and oxygen atoms in total. The molecule has 0 aliphatic carbocycles. The predicted molar refractivity (Wildman–Crippen MR) is 120 cm³/mol. The molecule has 2 amide bonds. The summed E-state index contributed by atoms with van der Waals surface area (Å²) in [4.78, 5) is 49.8. The van der Waals surface area contributed by atoms with Gasteiger partial charge >= 0.3 is 11.9 Å². The highest BCUT2D eigenvalue weighted by Crippen LogP contribution is 2.15. The van der Waals surface area contributed by atoms with Crippen LogP contribution in [0.15, 0.2) is 48.5 Å². The molecule has 0 atom stereocenters. The van der Waals surface area contributed by atoms with Gasteiger partial charge in [-0.05, 0) is 36.4 Å². The maximum Gasteiger partial charge on any atom is 0.346 e. The Kier molecular flexibility index (Phi) is 9.43. The quantitative estimate of drug-likeness (QED) is 0.205. The van der Waals surface area contributed by atoms with Crippen molar-refractivity contribution in [1.29, 1.82) is 0 Å². The number of benzene rings is 2. The van der Waals surface area contributed by atoms with Crippen LogP contribution in [-0.2, 0) is 4.74 Å². The Morgan fingerprint density at radius 2 is 1.10 bits per heavy atom. The molecule has 0 fully saturated rings. The fraction of sp³-hybridized carbons (Fsp3) is 0.238. The molecule has 158 valence electrons. The van der Waals surface area contributed by atoms with E-state index in [-0.39, 0.29) is 22.3 Å². The highest BCUT2D eigenvalue weighted by molar-refractivity contribution is 7.80. The standard InChI is InChI=1S/C21H22N2O5S2/c24-18(22-10-5-12-29)14-6-1-3-8-16(14)20(26)28-21(27)17-9-4-2-7-15(17)19(25)23-11-13-30/h1-4,6-9,29-30H,5,10-13H2,(H,22,24)(H,23,25). The molecule has 0 radical (unpaired) electrons. The molecule has 0 saturated heterocycles. The van der Waals surface area contributed by atoms with Crippen LogP contribution < -0.4 is 10.6 Å². The fourth-order valence-corrected chi connectivity index (χ4v) is 2.82. The van der Waals surface area contributed by atoms with Crippen molar-refractivity contribution >= 4 is 49.0 Å². The van der Waals surface area contributed by atoms with Crippen LogP contribution in [-0.4, -0.2) is 48.3 Å². The van der Waals surface area contributed by atoms with Gasteiger partial charge in [-0.2, -0.15) is 25.3 Å². The van der Waals surface area contributed by atoms with Gasteiger partial charge in [-0.15, -0.1) is 0 Å².